The molecule has 0 aliphatic carbocycles. The van der Waals surface area contributed by atoms with E-state index in [0.717, 1.165) is 17.4 Å². The smallest absolute Gasteiger partial charge is 0.343 e. The first-order valence-electron chi connectivity index (χ1n) is 10.1. The van der Waals surface area contributed by atoms with E-state index in [-0.39, 0.29) is 0 Å². The van der Waals surface area contributed by atoms with Gasteiger partial charge in [-0.05, 0) is 58.6 Å². The molecule has 2 N–H and O–H groups in total. The Morgan fingerprint density at radius 3 is 2.83 bits per heavy atom. The van der Waals surface area contributed by atoms with E-state index >= 15 is 0 Å². The summed E-state index contributed by atoms with van der Waals surface area (Å²) in [6.45, 7) is 9.37. The van der Waals surface area contributed by atoms with Crippen molar-refractivity contribution < 1.29 is 19.4 Å². The van der Waals surface area contributed by atoms with E-state index in [9.17, 15) is 15.0 Å². The SMILES string of the molecule is C=C(C)C(O)CCC(C)=CCCC(C)(O)C1Cc2c(c3ccccc3oc2=O)O1. The standard InChI is InChI=1S/C24H30O5/c1-15(2)19(25)12-11-16(3)8-7-13-24(4,27)21-14-18-22(29-21)17-9-5-6-10-20(17)28-23(18)26/h5-6,8-10,19,21,25,27H,1,7,11-14H2,2-4H3. The topological polar surface area (TPSA) is 79.9 Å². The van der Waals surface area contributed by atoms with Crippen molar-refractivity contribution in [3.05, 3.63) is 64.1 Å². The molecular weight excluding hydrogens is 368 g/mol. The third-order valence-corrected chi connectivity index (χ3v) is 5.72. The van der Waals surface area contributed by atoms with Gasteiger partial charge in [0.2, 0.25) is 0 Å². The van der Waals surface area contributed by atoms with Gasteiger partial charge in [0.25, 0.3) is 0 Å². The predicted octanol–water partition coefficient (Wildman–Crippen LogP) is 4.29. The lowest BCUT2D eigenvalue weighted by molar-refractivity contribution is -0.0429. The van der Waals surface area contributed by atoms with Crippen molar-refractivity contribution in [2.75, 3.05) is 0 Å². The minimum Gasteiger partial charge on any atom is -0.486 e. The van der Waals surface area contributed by atoms with Gasteiger partial charge in [-0.15, -0.1) is 0 Å². The molecule has 1 aliphatic rings. The second kappa shape index (κ2) is 8.56. The second-order valence-corrected chi connectivity index (χ2v) is 8.35. The van der Waals surface area contributed by atoms with Gasteiger partial charge in [0.15, 0.2) is 0 Å². The quantitative estimate of drug-likeness (QED) is 0.512. The minimum atomic E-state index is -1.08. The van der Waals surface area contributed by atoms with Crippen LogP contribution in [-0.2, 0) is 6.42 Å². The lowest BCUT2D eigenvalue weighted by Crippen LogP contribution is -2.42. The molecule has 3 unspecified atom stereocenters. The Balaban J connectivity index is 1.64. The number of aliphatic hydroxyl groups is 2. The van der Waals surface area contributed by atoms with Crippen LogP contribution in [-0.4, -0.2) is 28.0 Å². The molecule has 156 valence electrons. The first-order valence-corrected chi connectivity index (χ1v) is 10.1. The Kier molecular flexibility index (Phi) is 6.30. The molecule has 3 rings (SSSR count). The van der Waals surface area contributed by atoms with Crippen molar-refractivity contribution in [3.63, 3.8) is 0 Å². The third-order valence-electron chi connectivity index (χ3n) is 5.72. The van der Waals surface area contributed by atoms with Crippen LogP contribution in [0, 0.1) is 0 Å². The fourth-order valence-corrected chi connectivity index (χ4v) is 3.67. The van der Waals surface area contributed by atoms with E-state index in [0.29, 0.717) is 42.6 Å². The number of benzene rings is 1. The molecule has 0 bridgehead atoms. The lowest BCUT2D eigenvalue weighted by atomic mass is 9.90. The van der Waals surface area contributed by atoms with Crippen molar-refractivity contribution in [2.45, 2.75) is 70.7 Å². The highest BCUT2D eigenvalue weighted by atomic mass is 16.5. The van der Waals surface area contributed by atoms with Crippen LogP contribution in [0.1, 0.15) is 52.0 Å². The molecule has 2 heterocycles. The summed E-state index contributed by atoms with van der Waals surface area (Å²) in [7, 11) is 0. The molecule has 1 aliphatic heterocycles. The van der Waals surface area contributed by atoms with Crippen LogP contribution in [0.5, 0.6) is 5.75 Å². The maximum atomic E-state index is 12.3. The average Bonchev–Trinajstić information content (AvgIpc) is 3.13. The van der Waals surface area contributed by atoms with Gasteiger partial charge < -0.3 is 19.4 Å². The van der Waals surface area contributed by atoms with Crippen LogP contribution in [0.3, 0.4) is 0 Å². The molecule has 29 heavy (non-hydrogen) atoms. The minimum absolute atomic E-state index is 0.336. The maximum absolute atomic E-state index is 12.3. The lowest BCUT2D eigenvalue weighted by Gasteiger charge is -2.29. The fourth-order valence-electron chi connectivity index (χ4n) is 3.67. The van der Waals surface area contributed by atoms with Gasteiger partial charge in [0.05, 0.1) is 22.7 Å². The van der Waals surface area contributed by atoms with Crippen molar-refractivity contribution in [1.82, 2.24) is 0 Å². The molecule has 0 fully saturated rings. The van der Waals surface area contributed by atoms with Crippen LogP contribution >= 0.6 is 0 Å². The van der Waals surface area contributed by atoms with Crippen LogP contribution in [0.2, 0.25) is 0 Å². The Hall–Kier alpha value is -2.37. The molecule has 0 radical (unpaired) electrons. The summed E-state index contributed by atoms with van der Waals surface area (Å²) < 4.78 is 11.4. The summed E-state index contributed by atoms with van der Waals surface area (Å²) in [6.07, 6.45) is 4.09. The van der Waals surface area contributed by atoms with E-state index < -0.39 is 23.4 Å². The Bertz CT molecular complexity index is 982. The second-order valence-electron chi connectivity index (χ2n) is 8.35. The molecule has 5 nitrogen and oxygen atoms in total. The maximum Gasteiger partial charge on any atom is 0.343 e. The van der Waals surface area contributed by atoms with E-state index in [4.69, 9.17) is 9.15 Å². The monoisotopic (exact) mass is 398 g/mol. The zero-order valence-corrected chi connectivity index (χ0v) is 17.4. The fraction of sp³-hybridized carbons (Fsp3) is 0.458. The molecule has 0 saturated heterocycles. The number of rotatable bonds is 8. The summed E-state index contributed by atoms with van der Waals surface area (Å²) >= 11 is 0. The van der Waals surface area contributed by atoms with Gasteiger partial charge in [0, 0.05) is 6.42 Å². The van der Waals surface area contributed by atoms with Crippen molar-refractivity contribution >= 4 is 11.0 Å². The zero-order valence-electron chi connectivity index (χ0n) is 17.4. The molecule has 5 heteroatoms. The third kappa shape index (κ3) is 4.80. The van der Waals surface area contributed by atoms with Gasteiger partial charge >= 0.3 is 5.63 Å². The van der Waals surface area contributed by atoms with Crippen LogP contribution in [0.25, 0.3) is 11.0 Å². The van der Waals surface area contributed by atoms with Gasteiger partial charge in [-0.25, -0.2) is 4.79 Å². The number of fused-ring (bicyclic) bond motifs is 3. The van der Waals surface area contributed by atoms with Crippen LogP contribution in [0.15, 0.2) is 57.3 Å². The van der Waals surface area contributed by atoms with Gasteiger partial charge in [-0.1, -0.05) is 35.9 Å². The number of allylic oxidation sites excluding steroid dienone is 2. The Morgan fingerprint density at radius 2 is 2.10 bits per heavy atom. The highest BCUT2D eigenvalue weighted by Gasteiger charge is 2.40. The van der Waals surface area contributed by atoms with Crippen molar-refractivity contribution in [2.24, 2.45) is 0 Å². The number of hydrogen-bond donors (Lipinski definition) is 2. The first kappa shape index (κ1) is 21.3. The molecule has 1 aromatic carbocycles. The highest BCUT2D eigenvalue weighted by molar-refractivity contribution is 5.84. The number of ether oxygens (including phenoxy) is 1. The van der Waals surface area contributed by atoms with Crippen LogP contribution < -0.4 is 10.4 Å². The van der Waals surface area contributed by atoms with Crippen molar-refractivity contribution in [3.8, 4) is 5.75 Å². The van der Waals surface area contributed by atoms with E-state index in [1.807, 2.05) is 32.0 Å². The van der Waals surface area contributed by atoms with Gasteiger partial charge in [-0.3, -0.25) is 0 Å². The Labute approximate surface area is 171 Å². The van der Waals surface area contributed by atoms with Crippen LogP contribution in [0.4, 0.5) is 0 Å². The molecule has 0 saturated carbocycles. The molecule has 1 aromatic heterocycles. The normalized spacial score (nSPS) is 19.5. The largest absolute Gasteiger partial charge is 0.486 e. The molecule has 0 spiro atoms. The van der Waals surface area contributed by atoms with E-state index in [1.165, 1.54) is 5.57 Å². The summed E-state index contributed by atoms with van der Waals surface area (Å²) in [4.78, 5) is 12.3. The highest BCUT2D eigenvalue weighted by Crippen LogP contribution is 2.38. The summed E-state index contributed by atoms with van der Waals surface area (Å²) in [5, 5.41) is 21.6. The molecule has 2 aromatic rings. The molecule has 0 amide bonds. The first-order chi connectivity index (χ1) is 13.7. The molecule has 3 atom stereocenters. The number of hydrogen-bond acceptors (Lipinski definition) is 5. The summed E-state index contributed by atoms with van der Waals surface area (Å²) in [6, 6.07) is 7.28. The zero-order chi connectivity index (χ0) is 21.2. The summed E-state index contributed by atoms with van der Waals surface area (Å²) in [5.74, 6) is 0.530. The predicted molar refractivity (Wildman–Crippen MR) is 114 cm³/mol. The average molecular weight is 398 g/mol. The van der Waals surface area contributed by atoms with E-state index in [1.54, 1.807) is 13.0 Å². The number of para-hydroxylation sites is 1. The van der Waals surface area contributed by atoms with E-state index in [2.05, 4.69) is 12.7 Å². The van der Waals surface area contributed by atoms with Gasteiger partial charge in [0.1, 0.15) is 17.4 Å². The summed E-state index contributed by atoms with van der Waals surface area (Å²) in [5.41, 5.74) is 1.45. The Morgan fingerprint density at radius 1 is 1.38 bits per heavy atom. The van der Waals surface area contributed by atoms with Gasteiger partial charge in [-0.2, -0.15) is 0 Å². The molecular formula is C24H30O5. The van der Waals surface area contributed by atoms with Crippen molar-refractivity contribution in [1.29, 1.82) is 0 Å². The number of aliphatic hydroxyl groups excluding tert-OH is 1.